The van der Waals surface area contributed by atoms with Crippen LogP contribution < -0.4 is 14.8 Å². The summed E-state index contributed by atoms with van der Waals surface area (Å²) in [6.07, 6.45) is 1.77. The van der Waals surface area contributed by atoms with Crippen molar-refractivity contribution in [2.75, 3.05) is 6.79 Å². The van der Waals surface area contributed by atoms with Crippen LogP contribution in [0, 0.1) is 0 Å². The number of hydrogen-bond donors (Lipinski definition) is 1. The van der Waals surface area contributed by atoms with Crippen molar-refractivity contribution in [2.24, 2.45) is 0 Å². The summed E-state index contributed by atoms with van der Waals surface area (Å²) in [4.78, 5) is 12.1. The fourth-order valence-electron chi connectivity index (χ4n) is 1.63. The zero-order valence-corrected chi connectivity index (χ0v) is 12.1. The summed E-state index contributed by atoms with van der Waals surface area (Å²) in [5, 5.41) is 2.57. The molecule has 0 bridgehead atoms. The van der Waals surface area contributed by atoms with E-state index in [1.807, 2.05) is 12.1 Å². The predicted octanol–water partition coefficient (Wildman–Crippen LogP) is 2.67. The maximum absolute atomic E-state index is 11.6. The molecule has 1 N–H and O–H groups in total. The zero-order valence-electron chi connectivity index (χ0n) is 8.86. The Balaban J connectivity index is 2.01. The average molecular weight is 344 g/mol. The van der Waals surface area contributed by atoms with Gasteiger partial charge in [-0.25, -0.2) is 0 Å². The standard InChI is InChI=1S/C11H6BrNO3S2/c12-8-5(1-2-6-9(8)16-4-15-6)3-7-10(14)13-11(17)18-7/h1-3H,4H2,(H,13,14,17)/b7-3+. The monoisotopic (exact) mass is 343 g/mol. The number of ether oxygens (including phenoxy) is 2. The summed E-state index contributed by atoms with van der Waals surface area (Å²) >= 11 is 9.64. The molecular weight excluding hydrogens is 338 g/mol. The van der Waals surface area contributed by atoms with Crippen LogP contribution in [0.1, 0.15) is 5.56 Å². The first-order valence-corrected chi connectivity index (χ1v) is 7.00. The van der Waals surface area contributed by atoms with E-state index in [1.54, 1.807) is 6.08 Å². The number of carbonyl (C=O) groups excluding carboxylic acids is 1. The highest BCUT2D eigenvalue weighted by atomic mass is 79.9. The Hall–Kier alpha value is -1.05. The Morgan fingerprint density at radius 2 is 2.28 bits per heavy atom. The lowest BCUT2D eigenvalue weighted by Crippen LogP contribution is -2.17. The molecule has 2 heterocycles. The second-order valence-corrected chi connectivity index (χ2v) is 6.07. The van der Waals surface area contributed by atoms with Gasteiger partial charge in [0.05, 0.1) is 9.38 Å². The third kappa shape index (κ3) is 2.02. The highest BCUT2D eigenvalue weighted by Gasteiger charge is 2.24. The first kappa shape index (κ1) is 12.0. The van der Waals surface area contributed by atoms with Crippen molar-refractivity contribution in [3.63, 3.8) is 0 Å². The number of hydrogen-bond acceptors (Lipinski definition) is 5. The van der Waals surface area contributed by atoms with E-state index in [4.69, 9.17) is 21.7 Å². The Morgan fingerprint density at radius 1 is 1.44 bits per heavy atom. The van der Waals surface area contributed by atoms with E-state index < -0.39 is 0 Å². The minimum atomic E-state index is -0.172. The van der Waals surface area contributed by atoms with Crippen LogP contribution in [0.4, 0.5) is 0 Å². The molecule has 1 fully saturated rings. The summed E-state index contributed by atoms with van der Waals surface area (Å²) in [7, 11) is 0. The predicted molar refractivity (Wildman–Crippen MR) is 76.6 cm³/mol. The van der Waals surface area contributed by atoms with E-state index in [-0.39, 0.29) is 12.7 Å². The number of rotatable bonds is 1. The van der Waals surface area contributed by atoms with Gasteiger partial charge in [-0.1, -0.05) is 24.0 Å². The number of halogens is 1. The summed E-state index contributed by atoms with van der Waals surface area (Å²) < 4.78 is 11.9. The molecule has 7 heteroatoms. The highest BCUT2D eigenvalue weighted by Crippen LogP contribution is 2.42. The molecular formula is C11H6BrNO3S2. The SMILES string of the molecule is O=C1NC(=S)S/C1=C/c1ccc2c(c1Br)OCO2. The van der Waals surface area contributed by atoms with Gasteiger partial charge in [0.25, 0.3) is 5.91 Å². The third-order valence-electron chi connectivity index (χ3n) is 2.44. The molecule has 3 rings (SSSR count). The van der Waals surface area contributed by atoms with E-state index >= 15 is 0 Å². The van der Waals surface area contributed by atoms with Gasteiger partial charge in [0, 0.05) is 0 Å². The van der Waals surface area contributed by atoms with Gasteiger partial charge < -0.3 is 14.8 Å². The number of fused-ring (bicyclic) bond motifs is 1. The Kier molecular flexibility index (Phi) is 3.04. The van der Waals surface area contributed by atoms with Gasteiger partial charge >= 0.3 is 0 Å². The van der Waals surface area contributed by atoms with Gasteiger partial charge in [-0.3, -0.25) is 4.79 Å². The van der Waals surface area contributed by atoms with Crippen molar-refractivity contribution in [3.8, 4) is 11.5 Å². The maximum atomic E-state index is 11.6. The molecule has 2 aliphatic rings. The van der Waals surface area contributed by atoms with E-state index in [1.165, 1.54) is 11.8 Å². The number of carbonyl (C=O) groups is 1. The first-order chi connectivity index (χ1) is 8.65. The first-order valence-electron chi connectivity index (χ1n) is 4.98. The molecule has 0 saturated carbocycles. The summed E-state index contributed by atoms with van der Waals surface area (Å²) in [6, 6.07) is 3.68. The van der Waals surface area contributed by atoms with Gasteiger partial charge in [-0.15, -0.1) is 0 Å². The minimum absolute atomic E-state index is 0.172. The molecule has 0 radical (unpaired) electrons. The van der Waals surface area contributed by atoms with Gasteiger partial charge in [0.1, 0.15) is 4.32 Å². The summed E-state index contributed by atoms with van der Waals surface area (Å²) in [5.74, 6) is 1.19. The normalized spacial score (nSPS) is 19.5. The van der Waals surface area contributed by atoms with Crippen LogP contribution in [0.15, 0.2) is 21.5 Å². The smallest absolute Gasteiger partial charge is 0.263 e. The molecule has 1 saturated heterocycles. The van der Waals surface area contributed by atoms with Crippen LogP contribution in [-0.2, 0) is 4.79 Å². The molecule has 0 unspecified atom stereocenters. The van der Waals surface area contributed by atoms with Crippen LogP contribution in [0.3, 0.4) is 0 Å². The Labute approximate surface area is 121 Å². The van der Waals surface area contributed by atoms with Gasteiger partial charge in [-0.05, 0) is 39.7 Å². The molecule has 0 atom stereocenters. The summed E-state index contributed by atoms with van der Waals surface area (Å²) in [6.45, 7) is 0.216. The molecule has 1 aromatic carbocycles. The average Bonchev–Trinajstić information content (AvgIpc) is 2.90. The van der Waals surface area contributed by atoms with E-state index in [0.717, 1.165) is 10.0 Å². The van der Waals surface area contributed by atoms with Crippen LogP contribution in [0.25, 0.3) is 6.08 Å². The van der Waals surface area contributed by atoms with Crippen LogP contribution in [-0.4, -0.2) is 17.0 Å². The molecule has 92 valence electrons. The van der Waals surface area contributed by atoms with Crippen molar-refractivity contribution in [3.05, 3.63) is 27.1 Å². The van der Waals surface area contributed by atoms with E-state index in [2.05, 4.69) is 21.2 Å². The molecule has 18 heavy (non-hydrogen) atoms. The molecule has 0 spiro atoms. The van der Waals surface area contributed by atoms with Crippen LogP contribution >= 0.6 is 39.9 Å². The number of amides is 1. The van der Waals surface area contributed by atoms with Crippen molar-refractivity contribution < 1.29 is 14.3 Å². The zero-order chi connectivity index (χ0) is 12.7. The number of thioether (sulfide) groups is 1. The van der Waals surface area contributed by atoms with Crippen molar-refractivity contribution in [2.45, 2.75) is 0 Å². The summed E-state index contributed by atoms with van der Waals surface area (Å²) in [5.41, 5.74) is 0.849. The maximum Gasteiger partial charge on any atom is 0.263 e. The van der Waals surface area contributed by atoms with Crippen molar-refractivity contribution in [1.29, 1.82) is 0 Å². The molecule has 2 aliphatic heterocycles. The molecule has 0 aliphatic carbocycles. The highest BCUT2D eigenvalue weighted by molar-refractivity contribution is 9.10. The topological polar surface area (TPSA) is 47.6 Å². The second-order valence-electron chi connectivity index (χ2n) is 3.55. The lowest BCUT2D eigenvalue weighted by atomic mass is 10.2. The fraction of sp³-hybridized carbons (Fsp3) is 0.0909. The fourth-order valence-corrected chi connectivity index (χ4v) is 3.22. The largest absolute Gasteiger partial charge is 0.454 e. The van der Waals surface area contributed by atoms with E-state index in [0.29, 0.717) is 20.7 Å². The Morgan fingerprint density at radius 3 is 3.00 bits per heavy atom. The molecule has 4 nitrogen and oxygen atoms in total. The van der Waals surface area contributed by atoms with E-state index in [9.17, 15) is 4.79 Å². The molecule has 1 amide bonds. The van der Waals surface area contributed by atoms with Crippen molar-refractivity contribution in [1.82, 2.24) is 5.32 Å². The lowest BCUT2D eigenvalue weighted by Gasteiger charge is -2.03. The number of nitrogens with one attached hydrogen (secondary N) is 1. The Bertz CT molecular complexity index is 600. The minimum Gasteiger partial charge on any atom is -0.454 e. The second kappa shape index (κ2) is 4.56. The lowest BCUT2D eigenvalue weighted by molar-refractivity contribution is -0.115. The van der Waals surface area contributed by atoms with Gasteiger partial charge in [-0.2, -0.15) is 0 Å². The van der Waals surface area contributed by atoms with Crippen molar-refractivity contribution >= 4 is 56.2 Å². The number of thiocarbonyl (C=S) groups is 1. The third-order valence-corrected chi connectivity index (χ3v) is 4.42. The van der Waals surface area contributed by atoms with Crippen LogP contribution in [0.5, 0.6) is 11.5 Å². The molecule has 1 aromatic rings. The number of benzene rings is 1. The van der Waals surface area contributed by atoms with Crippen LogP contribution in [0.2, 0.25) is 0 Å². The van der Waals surface area contributed by atoms with Gasteiger partial charge in [0.15, 0.2) is 11.5 Å². The quantitative estimate of drug-likeness (QED) is 0.627. The molecule has 0 aromatic heterocycles. The van der Waals surface area contributed by atoms with Gasteiger partial charge in [0.2, 0.25) is 6.79 Å².